The molecule has 0 spiro atoms. The molecule has 0 fully saturated rings. The third-order valence-corrected chi connectivity index (χ3v) is 5.03. The predicted molar refractivity (Wildman–Crippen MR) is 104 cm³/mol. The van der Waals surface area contributed by atoms with E-state index in [9.17, 15) is 9.59 Å². The van der Waals surface area contributed by atoms with Crippen molar-refractivity contribution in [1.82, 2.24) is 9.88 Å². The number of carbonyl (C=O) groups is 2. The average Bonchev–Trinajstić information content (AvgIpc) is 2.71. The number of fused-ring (bicyclic) bond motifs is 1. The summed E-state index contributed by atoms with van der Waals surface area (Å²) in [7, 11) is 1.62. The highest BCUT2D eigenvalue weighted by molar-refractivity contribution is 6.01. The lowest BCUT2D eigenvalue weighted by atomic mass is 9.75. The number of nitrogens with zero attached hydrogens (tertiary/aromatic N) is 1. The van der Waals surface area contributed by atoms with Crippen LogP contribution in [0.5, 0.6) is 0 Å². The first-order chi connectivity index (χ1) is 12.1. The van der Waals surface area contributed by atoms with Gasteiger partial charge in [-0.2, -0.15) is 0 Å². The zero-order chi connectivity index (χ0) is 19.6. The zero-order valence-corrected chi connectivity index (χ0v) is 17.4. The number of aromatic nitrogens is 1. The number of hydrogen-bond donors (Lipinski definition) is 1. The Labute approximate surface area is 157 Å². The first-order valence-corrected chi connectivity index (χ1v) is 9.58. The average molecular weight is 363 g/mol. The molecule has 1 aromatic rings. The first kappa shape index (κ1) is 20.7. The molecule has 0 unspecified atom stereocenters. The fourth-order valence-corrected chi connectivity index (χ4v) is 4.01. The van der Waals surface area contributed by atoms with Gasteiger partial charge in [0.1, 0.15) is 0 Å². The number of amides is 1. The molecule has 1 heterocycles. The van der Waals surface area contributed by atoms with Crippen LogP contribution in [0.15, 0.2) is 0 Å². The van der Waals surface area contributed by atoms with Crippen molar-refractivity contribution in [3.63, 3.8) is 0 Å². The largest absolute Gasteiger partial charge is 0.383 e. The molecule has 0 aromatic carbocycles. The third-order valence-electron chi connectivity index (χ3n) is 5.03. The van der Waals surface area contributed by atoms with E-state index in [-0.39, 0.29) is 29.6 Å². The topological polar surface area (TPSA) is 60.3 Å². The van der Waals surface area contributed by atoms with Gasteiger partial charge in [0.2, 0.25) is 5.91 Å². The molecule has 0 saturated heterocycles. The van der Waals surface area contributed by atoms with Gasteiger partial charge < -0.3 is 14.6 Å². The number of carbonyl (C=O) groups excluding carboxylic acids is 2. The quantitative estimate of drug-likeness (QED) is 0.809. The summed E-state index contributed by atoms with van der Waals surface area (Å²) in [6.07, 6.45) is 1.67. The van der Waals surface area contributed by atoms with E-state index in [2.05, 4.69) is 37.6 Å². The summed E-state index contributed by atoms with van der Waals surface area (Å²) in [4.78, 5) is 25.4. The van der Waals surface area contributed by atoms with Crippen molar-refractivity contribution in [1.29, 1.82) is 0 Å². The minimum Gasteiger partial charge on any atom is -0.383 e. The van der Waals surface area contributed by atoms with E-state index >= 15 is 0 Å². The van der Waals surface area contributed by atoms with E-state index < -0.39 is 0 Å². The Balaban J connectivity index is 2.39. The molecular weight excluding hydrogens is 328 g/mol. The van der Waals surface area contributed by atoms with Crippen LogP contribution in [0.1, 0.15) is 68.3 Å². The van der Waals surface area contributed by atoms with E-state index in [0.717, 1.165) is 35.5 Å². The molecule has 5 heteroatoms. The number of methoxy groups -OCH3 is 1. The number of hydrogen-bond acceptors (Lipinski definition) is 3. The SMILES string of the molecule is COC[C@H](C)NC(=O)Cc1c2c(n(CC(C)C)c1C)CC(C)(C)CC2=O. The molecule has 1 aromatic heterocycles. The summed E-state index contributed by atoms with van der Waals surface area (Å²) < 4.78 is 7.36. The number of Topliss-reactive ketones (excluding diaryl/α,β-unsaturated/α-hetero) is 1. The Morgan fingerprint density at radius 2 is 1.92 bits per heavy atom. The highest BCUT2D eigenvalue weighted by Crippen LogP contribution is 2.39. The maximum atomic E-state index is 12.9. The normalized spacial score (nSPS) is 17.3. The van der Waals surface area contributed by atoms with Crippen LogP contribution in [-0.2, 0) is 28.9 Å². The molecule has 0 radical (unpaired) electrons. The highest BCUT2D eigenvalue weighted by Gasteiger charge is 2.37. The van der Waals surface area contributed by atoms with E-state index in [1.54, 1.807) is 7.11 Å². The lowest BCUT2D eigenvalue weighted by Gasteiger charge is -2.30. The lowest BCUT2D eigenvalue weighted by Crippen LogP contribution is -2.37. The molecule has 1 atom stereocenters. The van der Waals surface area contributed by atoms with Gasteiger partial charge in [-0.1, -0.05) is 27.7 Å². The number of ether oxygens (including phenoxy) is 1. The molecule has 1 aliphatic rings. The van der Waals surface area contributed by atoms with Gasteiger partial charge in [-0.05, 0) is 37.2 Å². The van der Waals surface area contributed by atoms with Crippen molar-refractivity contribution in [2.24, 2.45) is 11.3 Å². The smallest absolute Gasteiger partial charge is 0.224 e. The predicted octanol–water partition coefficient (Wildman–Crippen LogP) is 3.30. The van der Waals surface area contributed by atoms with E-state index in [4.69, 9.17) is 4.74 Å². The Bertz CT molecular complexity index is 686. The minimum absolute atomic E-state index is 0.0316. The fourth-order valence-electron chi connectivity index (χ4n) is 4.01. The van der Waals surface area contributed by atoms with Crippen LogP contribution in [0.3, 0.4) is 0 Å². The lowest BCUT2D eigenvalue weighted by molar-refractivity contribution is -0.121. The van der Waals surface area contributed by atoms with E-state index in [1.165, 1.54) is 0 Å². The molecule has 0 saturated carbocycles. The van der Waals surface area contributed by atoms with Gasteiger partial charge in [0.25, 0.3) is 0 Å². The van der Waals surface area contributed by atoms with Gasteiger partial charge in [0.15, 0.2) is 5.78 Å². The zero-order valence-electron chi connectivity index (χ0n) is 17.4. The number of nitrogens with one attached hydrogen (secondary N) is 1. The van der Waals surface area contributed by atoms with Crippen molar-refractivity contribution in [2.75, 3.05) is 13.7 Å². The maximum Gasteiger partial charge on any atom is 0.224 e. The number of ketones is 1. The van der Waals surface area contributed by atoms with Gasteiger partial charge in [-0.3, -0.25) is 9.59 Å². The highest BCUT2D eigenvalue weighted by atomic mass is 16.5. The van der Waals surface area contributed by atoms with Gasteiger partial charge in [0, 0.05) is 43.1 Å². The molecule has 1 N–H and O–H groups in total. The molecule has 1 amide bonds. The van der Waals surface area contributed by atoms with Gasteiger partial charge in [-0.15, -0.1) is 0 Å². The molecule has 26 heavy (non-hydrogen) atoms. The summed E-state index contributed by atoms with van der Waals surface area (Å²) in [6.45, 7) is 14.0. The second kappa shape index (κ2) is 7.95. The second-order valence-corrected chi connectivity index (χ2v) is 8.93. The van der Waals surface area contributed by atoms with Crippen LogP contribution in [0.2, 0.25) is 0 Å². The van der Waals surface area contributed by atoms with Crippen molar-refractivity contribution in [3.8, 4) is 0 Å². The van der Waals surface area contributed by atoms with Crippen LogP contribution in [0, 0.1) is 18.3 Å². The van der Waals surface area contributed by atoms with Crippen molar-refractivity contribution in [3.05, 3.63) is 22.5 Å². The fraction of sp³-hybridized carbons (Fsp3) is 0.714. The first-order valence-electron chi connectivity index (χ1n) is 9.58. The van der Waals surface area contributed by atoms with Gasteiger partial charge >= 0.3 is 0 Å². The molecule has 5 nitrogen and oxygen atoms in total. The Kier molecular flexibility index (Phi) is 6.33. The van der Waals surface area contributed by atoms with Crippen molar-refractivity contribution < 1.29 is 14.3 Å². The summed E-state index contributed by atoms with van der Waals surface area (Å²) in [5, 5.41) is 2.96. The van der Waals surface area contributed by atoms with Crippen molar-refractivity contribution >= 4 is 11.7 Å². The Hall–Kier alpha value is -1.62. The molecule has 0 bridgehead atoms. The molecular formula is C21H34N2O3. The van der Waals surface area contributed by atoms with Crippen LogP contribution < -0.4 is 5.32 Å². The van der Waals surface area contributed by atoms with E-state index in [1.807, 2.05) is 13.8 Å². The second-order valence-electron chi connectivity index (χ2n) is 8.93. The maximum absolute atomic E-state index is 12.9. The van der Waals surface area contributed by atoms with Crippen LogP contribution in [-0.4, -0.2) is 36.0 Å². The standard InChI is InChI=1S/C21H34N2O3/c1-13(2)11-23-15(4)16(8-19(25)22-14(3)12-26-7)20-17(23)9-21(5,6)10-18(20)24/h13-14H,8-12H2,1-7H3,(H,22,25)/t14-/m0/s1. The minimum atomic E-state index is -0.0558. The van der Waals surface area contributed by atoms with Crippen LogP contribution in [0.4, 0.5) is 0 Å². The summed E-state index contributed by atoms with van der Waals surface area (Å²) in [5.41, 5.74) is 3.85. The van der Waals surface area contributed by atoms with Gasteiger partial charge in [-0.25, -0.2) is 0 Å². The number of rotatable bonds is 7. The summed E-state index contributed by atoms with van der Waals surface area (Å²) >= 11 is 0. The Morgan fingerprint density at radius 1 is 1.27 bits per heavy atom. The summed E-state index contributed by atoms with van der Waals surface area (Å²) in [5.74, 6) is 0.600. The van der Waals surface area contributed by atoms with Crippen molar-refractivity contribution in [2.45, 2.75) is 73.4 Å². The van der Waals surface area contributed by atoms with Gasteiger partial charge in [0.05, 0.1) is 13.0 Å². The molecule has 1 aliphatic carbocycles. The third kappa shape index (κ3) is 4.56. The Morgan fingerprint density at radius 3 is 2.50 bits per heavy atom. The van der Waals surface area contributed by atoms with E-state index in [0.29, 0.717) is 18.9 Å². The molecule has 2 rings (SSSR count). The van der Waals surface area contributed by atoms with Crippen LogP contribution in [0.25, 0.3) is 0 Å². The van der Waals surface area contributed by atoms with Crippen LogP contribution >= 0.6 is 0 Å². The summed E-state index contributed by atoms with van der Waals surface area (Å²) in [6, 6.07) is -0.0454. The molecule has 146 valence electrons. The monoisotopic (exact) mass is 362 g/mol. The molecule has 0 aliphatic heterocycles.